The van der Waals surface area contributed by atoms with Gasteiger partial charge >= 0.3 is 5.97 Å². The number of carboxylic acids is 1. The Balaban J connectivity index is 1.94. The molecule has 1 saturated heterocycles. The Hall–Kier alpha value is -1.39. The third-order valence-electron chi connectivity index (χ3n) is 3.78. The molecule has 0 bridgehead atoms. The Morgan fingerprint density at radius 3 is 2.37 bits per heavy atom. The van der Waals surface area contributed by atoms with Crippen LogP contribution in [0.1, 0.15) is 24.9 Å². The molecule has 1 aromatic carbocycles. The molecule has 1 heterocycles. The van der Waals surface area contributed by atoms with Crippen molar-refractivity contribution < 1.29 is 9.90 Å². The summed E-state index contributed by atoms with van der Waals surface area (Å²) in [5.74, 6) is -0.733. The molecule has 19 heavy (non-hydrogen) atoms. The number of carboxylic acid groups (broad SMARTS) is 1. The van der Waals surface area contributed by atoms with Crippen molar-refractivity contribution >= 4 is 5.97 Å². The molecule has 0 saturated carbocycles. The van der Waals surface area contributed by atoms with Gasteiger partial charge in [0.15, 0.2) is 0 Å². The maximum atomic E-state index is 10.7. The smallest absolute Gasteiger partial charge is 0.317 e. The fourth-order valence-electron chi connectivity index (χ4n) is 2.80. The van der Waals surface area contributed by atoms with Crippen molar-refractivity contribution in [3.63, 3.8) is 0 Å². The Labute approximate surface area is 114 Å². The number of hydrogen-bond acceptors (Lipinski definition) is 3. The highest BCUT2D eigenvalue weighted by Crippen LogP contribution is 2.24. The van der Waals surface area contributed by atoms with E-state index in [9.17, 15) is 4.79 Å². The molecule has 0 amide bonds. The van der Waals surface area contributed by atoms with Crippen molar-refractivity contribution in [2.75, 3.05) is 32.7 Å². The minimum atomic E-state index is -0.733. The summed E-state index contributed by atoms with van der Waals surface area (Å²) in [5.41, 5.74) is 1.36. The standard InChI is InChI=1S/C15H22N2O2/c1-2-14(13-6-4-3-5-7-13)17-10-8-16(9-11-17)12-15(18)19/h3-7,14H,2,8-12H2,1H3,(H,18,19). The largest absolute Gasteiger partial charge is 0.480 e. The first kappa shape index (κ1) is 14.0. The van der Waals surface area contributed by atoms with Crippen LogP contribution in [0.5, 0.6) is 0 Å². The van der Waals surface area contributed by atoms with Gasteiger partial charge in [0.1, 0.15) is 0 Å². The third-order valence-corrected chi connectivity index (χ3v) is 3.78. The summed E-state index contributed by atoms with van der Waals surface area (Å²) in [5, 5.41) is 8.81. The second-order valence-electron chi connectivity index (χ2n) is 5.04. The first-order chi connectivity index (χ1) is 9.20. The topological polar surface area (TPSA) is 43.8 Å². The van der Waals surface area contributed by atoms with Gasteiger partial charge in [-0.05, 0) is 12.0 Å². The van der Waals surface area contributed by atoms with Gasteiger partial charge in [-0.2, -0.15) is 0 Å². The van der Waals surface area contributed by atoms with E-state index >= 15 is 0 Å². The first-order valence-electron chi connectivity index (χ1n) is 6.94. The van der Waals surface area contributed by atoms with E-state index in [0.29, 0.717) is 6.04 Å². The molecule has 0 aliphatic carbocycles. The second kappa shape index (κ2) is 6.68. The van der Waals surface area contributed by atoms with E-state index in [-0.39, 0.29) is 6.54 Å². The third kappa shape index (κ3) is 3.78. The highest BCUT2D eigenvalue weighted by molar-refractivity contribution is 5.69. The highest BCUT2D eigenvalue weighted by atomic mass is 16.4. The average Bonchev–Trinajstić information content (AvgIpc) is 2.42. The van der Waals surface area contributed by atoms with Gasteiger partial charge in [-0.15, -0.1) is 0 Å². The number of piperazine rings is 1. The van der Waals surface area contributed by atoms with Crippen LogP contribution in [0.3, 0.4) is 0 Å². The Kier molecular flexibility index (Phi) is 4.93. The van der Waals surface area contributed by atoms with E-state index in [1.165, 1.54) is 5.56 Å². The maximum absolute atomic E-state index is 10.7. The molecule has 4 heteroatoms. The van der Waals surface area contributed by atoms with Crippen molar-refractivity contribution in [3.05, 3.63) is 35.9 Å². The normalized spacial score (nSPS) is 19.2. The van der Waals surface area contributed by atoms with Crippen LogP contribution >= 0.6 is 0 Å². The lowest BCUT2D eigenvalue weighted by Crippen LogP contribution is -2.48. The first-order valence-corrected chi connectivity index (χ1v) is 6.94. The average molecular weight is 262 g/mol. The predicted octanol–water partition coefficient (Wildman–Crippen LogP) is 1.84. The summed E-state index contributed by atoms with van der Waals surface area (Å²) in [6.07, 6.45) is 1.09. The Morgan fingerprint density at radius 1 is 1.21 bits per heavy atom. The van der Waals surface area contributed by atoms with Crippen LogP contribution in [0.15, 0.2) is 30.3 Å². The molecule has 1 aliphatic rings. The molecule has 104 valence electrons. The number of benzene rings is 1. The molecule has 0 radical (unpaired) electrons. The van der Waals surface area contributed by atoms with Gasteiger partial charge in [0, 0.05) is 32.2 Å². The molecule has 0 aromatic heterocycles. The summed E-state index contributed by atoms with van der Waals surface area (Å²) in [7, 11) is 0. The molecule has 0 spiro atoms. The SMILES string of the molecule is CCC(c1ccccc1)N1CCN(CC(=O)O)CC1. The molecular weight excluding hydrogens is 240 g/mol. The summed E-state index contributed by atoms with van der Waals surface area (Å²) >= 11 is 0. The zero-order chi connectivity index (χ0) is 13.7. The van der Waals surface area contributed by atoms with E-state index in [1.807, 2.05) is 11.0 Å². The van der Waals surface area contributed by atoms with Crippen molar-refractivity contribution in [2.45, 2.75) is 19.4 Å². The molecular formula is C15H22N2O2. The number of nitrogens with zero attached hydrogens (tertiary/aromatic N) is 2. The van der Waals surface area contributed by atoms with Crippen molar-refractivity contribution in [3.8, 4) is 0 Å². The molecule has 1 aliphatic heterocycles. The Bertz CT molecular complexity index is 400. The zero-order valence-corrected chi connectivity index (χ0v) is 11.5. The number of rotatable bonds is 5. The van der Waals surface area contributed by atoms with Crippen LogP contribution in [-0.2, 0) is 4.79 Å². The molecule has 1 aromatic rings. The van der Waals surface area contributed by atoms with Crippen molar-refractivity contribution in [1.82, 2.24) is 9.80 Å². The van der Waals surface area contributed by atoms with E-state index in [2.05, 4.69) is 36.1 Å². The lowest BCUT2D eigenvalue weighted by atomic mass is 10.0. The van der Waals surface area contributed by atoms with Crippen molar-refractivity contribution in [2.24, 2.45) is 0 Å². The monoisotopic (exact) mass is 262 g/mol. The predicted molar refractivity (Wildman–Crippen MR) is 75.1 cm³/mol. The van der Waals surface area contributed by atoms with Crippen molar-refractivity contribution in [1.29, 1.82) is 0 Å². The molecule has 1 N–H and O–H groups in total. The van der Waals surface area contributed by atoms with Gasteiger partial charge in [-0.3, -0.25) is 14.6 Å². The van der Waals surface area contributed by atoms with Crippen LogP contribution < -0.4 is 0 Å². The fourth-order valence-corrected chi connectivity index (χ4v) is 2.80. The van der Waals surface area contributed by atoms with Gasteiger partial charge < -0.3 is 5.11 Å². The highest BCUT2D eigenvalue weighted by Gasteiger charge is 2.24. The quantitative estimate of drug-likeness (QED) is 0.879. The van der Waals surface area contributed by atoms with Gasteiger partial charge in [-0.25, -0.2) is 0 Å². The van der Waals surface area contributed by atoms with E-state index in [1.54, 1.807) is 0 Å². The fraction of sp³-hybridized carbons (Fsp3) is 0.533. The maximum Gasteiger partial charge on any atom is 0.317 e. The zero-order valence-electron chi connectivity index (χ0n) is 11.5. The summed E-state index contributed by atoms with van der Waals surface area (Å²) in [4.78, 5) is 15.2. The van der Waals surface area contributed by atoms with E-state index in [4.69, 9.17) is 5.11 Å². The van der Waals surface area contributed by atoms with Crippen LogP contribution in [0.4, 0.5) is 0 Å². The minimum Gasteiger partial charge on any atom is -0.480 e. The summed E-state index contributed by atoms with van der Waals surface area (Å²) in [6.45, 7) is 5.95. The van der Waals surface area contributed by atoms with Crippen LogP contribution in [0.2, 0.25) is 0 Å². The summed E-state index contributed by atoms with van der Waals surface area (Å²) < 4.78 is 0. The van der Waals surface area contributed by atoms with Gasteiger partial charge in [0.05, 0.1) is 6.54 Å². The second-order valence-corrected chi connectivity index (χ2v) is 5.04. The van der Waals surface area contributed by atoms with Crippen LogP contribution in [-0.4, -0.2) is 53.6 Å². The molecule has 1 unspecified atom stereocenters. The summed E-state index contributed by atoms with van der Waals surface area (Å²) in [6, 6.07) is 11.0. The molecule has 4 nitrogen and oxygen atoms in total. The lowest BCUT2D eigenvalue weighted by Gasteiger charge is -2.38. The van der Waals surface area contributed by atoms with E-state index in [0.717, 1.165) is 32.6 Å². The lowest BCUT2D eigenvalue weighted by molar-refractivity contribution is -0.138. The van der Waals surface area contributed by atoms with Gasteiger partial charge in [0.2, 0.25) is 0 Å². The minimum absolute atomic E-state index is 0.163. The van der Waals surface area contributed by atoms with E-state index < -0.39 is 5.97 Å². The van der Waals surface area contributed by atoms with Gasteiger partial charge in [0.25, 0.3) is 0 Å². The molecule has 2 rings (SSSR count). The van der Waals surface area contributed by atoms with Crippen LogP contribution in [0.25, 0.3) is 0 Å². The number of hydrogen-bond donors (Lipinski definition) is 1. The molecule has 1 atom stereocenters. The number of carbonyl (C=O) groups is 1. The van der Waals surface area contributed by atoms with Gasteiger partial charge in [-0.1, -0.05) is 37.3 Å². The Morgan fingerprint density at radius 2 is 1.84 bits per heavy atom. The molecule has 1 fully saturated rings. The number of aliphatic carboxylic acids is 1. The van der Waals surface area contributed by atoms with Crippen LogP contribution in [0, 0.1) is 0 Å².